The van der Waals surface area contributed by atoms with Crippen LogP contribution in [0.5, 0.6) is 0 Å². The molecule has 92 valence electrons. The summed E-state index contributed by atoms with van der Waals surface area (Å²) in [4.78, 5) is 0. The molecule has 0 atom stereocenters. The van der Waals surface area contributed by atoms with Gasteiger partial charge in [0.1, 0.15) is 0 Å². The van der Waals surface area contributed by atoms with Gasteiger partial charge in [-0.3, -0.25) is 0 Å². The lowest BCUT2D eigenvalue weighted by atomic mass is 10.4. The second-order valence-electron chi connectivity index (χ2n) is 3.12. The molecular formula is C9H22N2O3S. The van der Waals surface area contributed by atoms with Crippen molar-refractivity contribution in [2.24, 2.45) is 0 Å². The number of nitrogens with one attached hydrogen (secondary N) is 2. The topological polar surface area (TPSA) is 67.4 Å². The first-order valence-electron chi connectivity index (χ1n) is 5.38. The lowest BCUT2D eigenvalue weighted by molar-refractivity contribution is 0.163. The molecule has 0 unspecified atom stereocenters. The minimum absolute atomic E-state index is 0.0437. The van der Waals surface area contributed by atoms with Crippen molar-refractivity contribution in [1.29, 1.82) is 0 Å². The molecule has 0 fully saturated rings. The van der Waals surface area contributed by atoms with E-state index in [0.717, 1.165) is 19.5 Å². The first kappa shape index (κ1) is 14.8. The Kier molecular flexibility index (Phi) is 8.98. The van der Waals surface area contributed by atoms with Crippen LogP contribution in [0.4, 0.5) is 0 Å². The fourth-order valence-corrected chi connectivity index (χ4v) is 1.94. The molecule has 2 N–H and O–H groups in total. The number of hydrogen-bond acceptors (Lipinski definition) is 4. The Hall–Kier alpha value is -0.170. The normalized spacial score (nSPS) is 11.9. The average molecular weight is 238 g/mol. The van der Waals surface area contributed by atoms with Gasteiger partial charge in [0.25, 0.3) is 0 Å². The van der Waals surface area contributed by atoms with E-state index in [4.69, 9.17) is 4.74 Å². The molecule has 15 heavy (non-hydrogen) atoms. The van der Waals surface area contributed by atoms with Crippen molar-refractivity contribution < 1.29 is 13.2 Å². The molecule has 0 radical (unpaired) electrons. The van der Waals surface area contributed by atoms with Crippen LogP contribution in [0, 0.1) is 0 Å². The van der Waals surface area contributed by atoms with Crippen molar-refractivity contribution >= 4 is 10.0 Å². The zero-order valence-corrected chi connectivity index (χ0v) is 10.4. The Bertz CT molecular complexity index is 230. The van der Waals surface area contributed by atoms with Crippen LogP contribution in [-0.2, 0) is 14.8 Å². The van der Waals surface area contributed by atoms with E-state index in [9.17, 15) is 8.42 Å². The third-order valence-corrected chi connectivity index (χ3v) is 3.15. The number of rotatable bonds is 10. The molecule has 0 saturated carbocycles. The number of sulfonamides is 1. The van der Waals surface area contributed by atoms with Gasteiger partial charge in [0.15, 0.2) is 0 Å². The van der Waals surface area contributed by atoms with Crippen LogP contribution in [0.1, 0.15) is 20.3 Å². The largest absolute Gasteiger partial charge is 0.381 e. The van der Waals surface area contributed by atoms with Crippen LogP contribution < -0.4 is 10.0 Å². The van der Waals surface area contributed by atoms with Crippen LogP contribution in [0.3, 0.4) is 0 Å². The van der Waals surface area contributed by atoms with Crippen molar-refractivity contribution in [1.82, 2.24) is 10.0 Å². The Morgan fingerprint density at radius 2 is 1.93 bits per heavy atom. The highest BCUT2D eigenvalue weighted by Gasteiger charge is 2.08. The first-order chi connectivity index (χ1) is 7.12. The Morgan fingerprint density at radius 3 is 2.53 bits per heavy atom. The summed E-state index contributed by atoms with van der Waals surface area (Å²) in [5.41, 5.74) is 0. The van der Waals surface area contributed by atoms with E-state index in [1.165, 1.54) is 0 Å². The third kappa shape index (κ3) is 10.1. The zero-order chi connectivity index (χ0) is 11.6. The Morgan fingerprint density at radius 1 is 1.20 bits per heavy atom. The lowest BCUT2D eigenvalue weighted by Crippen LogP contribution is -2.30. The quantitative estimate of drug-likeness (QED) is 0.523. The highest BCUT2D eigenvalue weighted by atomic mass is 32.2. The summed E-state index contributed by atoms with van der Waals surface area (Å²) in [6.07, 6.45) is 0.807. The van der Waals surface area contributed by atoms with Crippen molar-refractivity contribution in [2.45, 2.75) is 20.3 Å². The van der Waals surface area contributed by atoms with Gasteiger partial charge in [-0.1, -0.05) is 6.92 Å². The van der Waals surface area contributed by atoms with E-state index in [1.54, 1.807) is 0 Å². The van der Waals surface area contributed by atoms with Crippen LogP contribution in [0.2, 0.25) is 0 Å². The van der Waals surface area contributed by atoms with Gasteiger partial charge in [-0.25, -0.2) is 13.1 Å². The molecule has 0 aromatic heterocycles. The maximum Gasteiger partial charge on any atom is 0.213 e. The number of ether oxygens (including phenoxy) is 1. The monoisotopic (exact) mass is 238 g/mol. The van der Waals surface area contributed by atoms with Gasteiger partial charge < -0.3 is 10.1 Å². The summed E-state index contributed by atoms with van der Waals surface area (Å²) in [6, 6.07) is 0. The molecule has 0 spiro atoms. The molecule has 0 aromatic rings. The van der Waals surface area contributed by atoms with E-state index in [0.29, 0.717) is 13.2 Å². The van der Waals surface area contributed by atoms with Gasteiger partial charge in [-0.2, -0.15) is 0 Å². The summed E-state index contributed by atoms with van der Waals surface area (Å²) in [5, 5.41) is 3.13. The predicted molar refractivity (Wildman–Crippen MR) is 61.4 cm³/mol. The predicted octanol–water partition coefficient (Wildman–Crippen LogP) is -0.0581. The van der Waals surface area contributed by atoms with Crippen LogP contribution in [0.15, 0.2) is 0 Å². The third-order valence-electron chi connectivity index (χ3n) is 1.80. The Balaban J connectivity index is 3.47. The number of hydrogen-bond donors (Lipinski definition) is 2. The maximum absolute atomic E-state index is 11.3. The van der Waals surface area contributed by atoms with Gasteiger partial charge in [0, 0.05) is 13.2 Å². The summed E-state index contributed by atoms with van der Waals surface area (Å²) >= 11 is 0. The SMILES string of the molecule is CCNCCCNS(=O)(=O)CCOCC. The van der Waals surface area contributed by atoms with Gasteiger partial charge in [0.2, 0.25) is 10.0 Å². The standard InChI is InChI=1S/C9H22N2O3S/c1-3-10-6-5-7-11-15(12,13)9-8-14-4-2/h10-11H,3-9H2,1-2H3. The summed E-state index contributed by atoms with van der Waals surface area (Å²) in [7, 11) is -3.14. The molecule has 5 nitrogen and oxygen atoms in total. The van der Waals surface area contributed by atoms with Crippen molar-refractivity contribution in [3.63, 3.8) is 0 Å². The molecule has 0 saturated heterocycles. The van der Waals surface area contributed by atoms with Crippen molar-refractivity contribution in [2.75, 3.05) is 38.6 Å². The highest BCUT2D eigenvalue weighted by Crippen LogP contribution is 1.86. The second kappa shape index (κ2) is 9.08. The maximum atomic E-state index is 11.3. The fourth-order valence-electron chi connectivity index (χ4n) is 1.00. The van der Waals surface area contributed by atoms with Crippen LogP contribution in [0.25, 0.3) is 0 Å². The van der Waals surface area contributed by atoms with E-state index in [-0.39, 0.29) is 12.4 Å². The molecule has 0 aliphatic rings. The molecule has 0 heterocycles. The van der Waals surface area contributed by atoms with Crippen molar-refractivity contribution in [3.05, 3.63) is 0 Å². The second-order valence-corrected chi connectivity index (χ2v) is 5.04. The summed E-state index contributed by atoms with van der Waals surface area (Å²) in [5.74, 6) is 0.0437. The molecule has 6 heteroatoms. The zero-order valence-electron chi connectivity index (χ0n) is 9.58. The minimum Gasteiger partial charge on any atom is -0.381 e. The van der Waals surface area contributed by atoms with Crippen LogP contribution in [-0.4, -0.2) is 47.0 Å². The van der Waals surface area contributed by atoms with Gasteiger partial charge in [-0.05, 0) is 26.4 Å². The lowest BCUT2D eigenvalue weighted by Gasteiger charge is -2.06. The molecule has 0 rings (SSSR count). The molecule has 0 aromatic carbocycles. The molecule has 0 aliphatic heterocycles. The van der Waals surface area contributed by atoms with E-state index in [2.05, 4.69) is 10.0 Å². The summed E-state index contributed by atoms with van der Waals surface area (Å²) in [6.45, 7) is 6.92. The van der Waals surface area contributed by atoms with E-state index < -0.39 is 10.0 Å². The van der Waals surface area contributed by atoms with Gasteiger partial charge in [-0.15, -0.1) is 0 Å². The Labute approximate surface area is 92.6 Å². The fraction of sp³-hybridized carbons (Fsp3) is 1.00. The molecule has 0 amide bonds. The van der Waals surface area contributed by atoms with E-state index >= 15 is 0 Å². The average Bonchev–Trinajstić information content (AvgIpc) is 2.17. The molecular weight excluding hydrogens is 216 g/mol. The first-order valence-corrected chi connectivity index (χ1v) is 7.03. The highest BCUT2D eigenvalue weighted by molar-refractivity contribution is 7.89. The van der Waals surface area contributed by atoms with Gasteiger partial charge in [0.05, 0.1) is 12.4 Å². The van der Waals surface area contributed by atoms with Crippen LogP contribution >= 0.6 is 0 Å². The minimum atomic E-state index is -3.14. The van der Waals surface area contributed by atoms with E-state index in [1.807, 2.05) is 13.8 Å². The van der Waals surface area contributed by atoms with Crippen molar-refractivity contribution in [3.8, 4) is 0 Å². The molecule has 0 aliphatic carbocycles. The molecule has 0 bridgehead atoms. The summed E-state index contributed by atoms with van der Waals surface area (Å²) < 4.78 is 30.2. The smallest absolute Gasteiger partial charge is 0.213 e. The van der Waals surface area contributed by atoms with Gasteiger partial charge >= 0.3 is 0 Å².